The first-order chi connectivity index (χ1) is 9.38. The summed E-state index contributed by atoms with van der Waals surface area (Å²) in [6.07, 6.45) is 1.47. The average molecular weight is 251 g/mol. The summed E-state index contributed by atoms with van der Waals surface area (Å²) in [7, 11) is 0. The summed E-state index contributed by atoms with van der Waals surface area (Å²) in [6, 6.07) is 18.2. The van der Waals surface area contributed by atoms with E-state index < -0.39 is 0 Å². The number of rotatable bonds is 3. The van der Waals surface area contributed by atoms with Crippen molar-refractivity contribution in [2.24, 2.45) is 0 Å². The first-order valence-electron chi connectivity index (χ1n) is 6.08. The molecule has 2 aromatic carbocycles. The fraction of sp³-hybridized carbons (Fsp3) is 0.0625. The summed E-state index contributed by atoms with van der Waals surface area (Å²) in [5, 5.41) is 13.1. The lowest BCUT2D eigenvalue weighted by atomic mass is 10.0. The Labute approximate surface area is 111 Å². The zero-order valence-electron chi connectivity index (χ0n) is 10.3. The monoisotopic (exact) mass is 251 g/mol. The fourth-order valence-corrected chi connectivity index (χ4v) is 2.06. The van der Waals surface area contributed by atoms with Gasteiger partial charge in [0.25, 0.3) is 0 Å². The third-order valence-electron chi connectivity index (χ3n) is 3.08. The maximum atomic E-state index is 9.20. The van der Waals surface area contributed by atoms with Gasteiger partial charge in [0.2, 0.25) is 0 Å². The predicted molar refractivity (Wildman–Crippen MR) is 73.3 cm³/mol. The number of nitrogens with zero attached hydrogens (tertiary/aromatic N) is 1. The Kier molecular flexibility index (Phi) is 3.12. The maximum absolute atomic E-state index is 9.20. The van der Waals surface area contributed by atoms with Crippen LogP contribution >= 0.6 is 0 Å². The van der Waals surface area contributed by atoms with E-state index in [9.17, 15) is 5.11 Å². The van der Waals surface area contributed by atoms with Crippen LogP contribution in [0.4, 0.5) is 0 Å². The van der Waals surface area contributed by atoms with E-state index in [1.807, 2.05) is 42.5 Å². The molecule has 0 aliphatic rings. The highest BCUT2D eigenvalue weighted by atomic mass is 16.5. The Hall–Kier alpha value is -2.39. The van der Waals surface area contributed by atoms with Crippen molar-refractivity contribution in [3.63, 3.8) is 0 Å². The van der Waals surface area contributed by atoms with Crippen LogP contribution in [0.2, 0.25) is 0 Å². The third kappa shape index (κ3) is 2.28. The molecule has 0 radical (unpaired) electrons. The first kappa shape index (κ1) is 11.7. The minimum Gasteiger partial charge on any atom is -0.391 e. The summed E-state index contributed by atoms with van der Waals surface area (Å²) >= 11 is 0. The highest BCUT2D eigenvalue weighted by Gasteiger charge is 2.09. The van der Waals surface area contributed by atoms with E-state index in [1.165, 1.54) is 11.8 Å². The van der Waals surface area contributed by atoms with Crippen molar-refractivity contribution in [1.29, 1.82) is 0 Å². The Balaban J connectivity index is 1.96. The quantitative estimate of drug-likeness (QED) is 0.775. The Morgan fingerprint density at radius 2 is 1.47 bits per heavy atom. The molecule has 0 bridgehead atoms. The van der Waals surface area contributed by atoms with Crippen LogP contribution in [0.15, 0.2) is 65.4 Å². The van der Waals surface area contributed by atoms with Crippen LogP contribution in [0.5, 0.6) is 0 Å². The predicted octanol–water partition coefficient (Wildman–Crippen LogP) is 3.50. The van der Waals surface area contributed by atoms with E-state index in [1.54, 1.807) is 0 Å². The van der Waals surface area contributed by atoms with Gasteiger partial charge in [0.15, 0.2) is 0 Å². The van der Waals surface area contributed by atoms with E-state index in [4.69, 9.17) is 4.52 Å². The van der Waals surface area contributed by atoms with Crippen molar-refractivity contribution in [3.05, 3.63) is 66.4 Å². The molecule has 1 heterocycles. The molecule has 0 spiro atoms. The average Bonchev–Trinajstić information content (AvgIpc) is 2.97. The molecule has 3 aromatic rings. The highest BCUT2D eigenvalue weighted by Crippen LogP contribution is 2.26. The van der Waals surface area contributed by atoms with Crippen LogP contribution in [-0.2, 0) is 6.61 Å². The van der Waals surface area contributed by atoms with Crippen LogP contribution in [0, 0.1) is 0 Å². The first-order valence-corrected chi connectivity index (χ1v) is 6.08. The lowest BCUT2D eigenvalue weighted by Gasteiger charge is -2.03. The Morgan fingerprint density at radius 3 is 2.16 bits per heavy atom. The van der Waals surface area contributed by atoms with Gasteiger partial charge in [0.05, 0.1) is 6.61 Å². The number of aliphatic hydroxyl groups is 1. The third-order valence-corrected chi connectivity index (χ3v) is 3.08. The van der Waals surface area contributed by atoms with Gasteiger partial charge in [-0.2, -0.15) is 0 Å². The van der Waals surface area contributed by atoms with Gasteiger partial charge in [-0.15, -0.1) is 0 Å². The molecule has 0 amide bonds. The molecule has 1 aromatic heterocycles. The molecule has 0 atom stereocenters. The largest absolute Gasteiger partial charge is 0.391 e. The number of aromatic nitrogens is 1. The fourth-order valence-electron chi connectivity index (χ4n) is 2.06. The molecule has 0 saturated carbocycles. The normalized spacial score (nSPS) is 10.6. The van der Waals surface area contributed by atoms with Gasteiger partial charge in [-0.1, -0.05) is 59.8 Å². The van der Waals surface area contributed by atoms with Gasteiger partial charge in [-0.05, 0) is 11.1 Å². The van der Waals surface area contributed by atoms with Crippen molar-refractivity contribution >= 4 is 0 Å². The minimum atomic E-state index is -0.0702. The van der Waals surface area contributed by atoms with Gasteiger partial charge in [0.1, 0.15) is 12.0 Å². The van der Waals surface area contributed by atoms with Crippen molar-refractivity contribution in [2.75, 3.05) is 0 Å². The molecule has 3 rings (SSSR count). The second-order valence-corrected chi connectivity index (χ2v) is 4.29. The molecule has 3 heteroatoms. The lowest BCUT2D eigenvalue weighted by Crippen LogP contribution is -1.86. The molecule has 0 unspecified atom stereocenters. The van der Waals surface area contributed by atoms with Crippen LogP contribution in [0.25, 0.3) is 22.4 Å². The number of aliphatic hydroxyl groups excluding tert-OH is 1. The number of hydrogen-bond donors (Lipinski definition) is 1. The van der Waals surface area contributed by atoms with Crippen molar-refractivity contribution < 1.29 is 9.63 Å². The van der Waals surface area contributed by atoms with Crippen molar-refractivity contribution in [2.45, 2.75) is 6.61 Å². The van der Waals surface area contributed by atoms with Crippen LogP contribution < -0.4 is 0 Å². The van der Waals surface area contributed by atoms with Gasteiger partial charge in [-0.3, -0.25) is 0 Å². The smallest absolute Gasteiger partial charge is 0.129 e. The number of hydrogen-bond acceptors (Lipinski definition) is 3. The lowest BCUT2D eigenvalue weighted by molar-refractivity contribution is 0.280. The van der Waals surface area contributed by atoms with Crippen LogP contribution in [-0.4, -0.2) is 10.3 Å². The van der Waals surface area contributed by atoms with E-state index in [2.05, 4.69) is 17.3 Å². The second-order valence-electron chi connectivity index (χ2n) is 4.29. The summed E-state index contributed by atoms with van der Waals surface area (Å²) in [4.78, 5) is 0. The molecule has 0 aliphatic heterocycles. The SMILES string of the molecule is OCc1conc1-c1ccc(-c2ccccc2)cc1. The second kappa shape index (κ2) is 5.08. The molecule has 0 saturated heterocycles. The number of benzene rings is 2. The molecule has 1 N–H and O–H groups in total. The van der Waals surface area contributed by atoms with Gasteiger partial charge < -0.3 is 9.63 Å². The van der Waals surface area contributed by atoms with Crippen LogP contribution in [0.3, 0.4) is 0 Å². The van der Waals surface area contributed by atoms with Crippen molar-refractivity contribution in [3.8, 4) is 22.4 Å². The molecule has 94 valence electrons. The van der Waals surface area contributed by atoms with Gasteiger partial charge >= 0.3 is 0 Å². The standard InChI is InChI=1S/C16H13NO2/c18-10-15-11-19-17-16(15)14-8-6-13(7-9-14)12-4-2-1-3-5-12/h1-9,11,18H,10H2. The summed E-state index contributed by atoms with van der Waals surface area (Å²) in [6.45, 7) is -0.0702. The Morgan fingerprint density at radius 1 is 0.842 bits per heavy atom. The van der Waals surface area contributed by atoms with Crippen LogP contribution in [0.1, 0.15) is 5.56 Å². The zero-order valence-corrected chi connectivity index (χ0v) is 10.3. The molecular weight excluding hydrogens is 238 g/mol. The molecule has 0 aliphatic carbocycles. The van der Waals surface area contributed by atoms with Gasteiger partial charge in [0, 0.05) is 11.1 Å². The van der Waals surface area contributed by atoms with E-state index in [0.717, 1.165) is 11.1 Å². The van der Waals surface area contributed by atoms with E-state index >= 15 is 0 Å². The topological polar surface area (TPSA) is 46.3 Å². The molecule has 19 heavy (non-hydrogen) atoms. The molecule has 3 nitrogen and oxygen atoms in total. The zero-order chi connectivity index (χ0) is 13.1. The summed E-state index contributed by atoms with van der Waals surface area (Å²) < 4.78 is 4.90. The minimum absolute atomic E-state index is 0.0702. The molecule has 0 fully saturated rings. The van der Waals surface area contributed by atoms with Crippen molar-refractivity contribution in [1.82, 2.24) is 5.16 Å². The highest BCUT2D eigenvalue weighted by molar-refractivity contribution is 5.69. The summed E-state index contributed by atoms with van der Waals surface area (Å²) in [5.74, 6) is 0. The van der Waals surface area contributed by atoms with E-state index in [-0.39, 0.29) is 6.61 Å². The maximum Gasteiger partial charge on any atom is 0.129 e. The van der Waals surface area contributed by atoms with E-state index in [0.29, 0.717) is 11.3 Å². The Bertz CT molecular complexity index is 657. The summed E-state index contributed by atoms with van der Waals surface area (Å²) in [5.41, 5.74) is 4.67. The van der Waals surface area contributed by atoms with Gasteiger partial charge in [-0.25, -0.2) is 0 Å². The molecular formula is C16H13NO2.